The maximum absolute atomic E-state index is 10.3. The molecule has 0 radical (unpaired) electrons. The standard InChI is InChI=1S/C10H9ClO/c11-7-1-2-9-3-5-10(8-12)6-4-9/h1-6,8H,7H2/b2-1+. The highest BCUT2D eigenvalue weighted by Crippen LogP contribution is 2.04. The highest BCUT2D eigenvalue weighted by Gasteiger charge is 1.88. The lowest BCUT2D eigenvalue weighted by atomic mass is 10.1. The van der Waals surface area contributed by atoms with Crippen molar-refractivity contribution in [3.63, 3.8) is 0 Å². The Morgan fingerprint density at radius 2 is 1.75 bits per heavy atom. The Balaban J connectivity index is 2.77. The van der Waals surface area contributed by atoms with E-state index in [0.29, 0.717) is 11.4 Å². The molecule has 1 nitrogen and oxygen atoms in total. The van der Waals surface area contributed by atoms with Crippen molar-refractivity contribution in [2.24, 2.45) is 0 Å². The van der Waals surface area contributed by atoms with Crippen molar-refractivity contribution in [1.82, 2.24) is 0 Å². The molecule has 1 aromatic carbocycles. The van der Waals surface area contributed by atoms with E-state index < -0.39 is 0 Å². The minimum absolute atomic E-state index is 0.509. The summed E-state index contributed by atoms with van der Waals surface area (Å²) in [5, 5.41) is 0. The molecule has 12 heavy (non-hydrogen) atoms. The molecule has 0 aliphatic heterocycles. The molecule has 62 valence electrons. The second-order valence-corrected chi connectivity index (χ2v) is 2.65. The van der Waals surface area contributed by atoms with Gasteiger partial charge in [-0.1, -0.05) is 36.4 Å². The van der Waals surface area contributed by atoms with Gasteiger partial charge in [0.05, 0.1) is 0 Å². The van der Waals surface area contributed by atoms with Gasteiger partial charge < -0.3 is 0 Å². The van der Waals surface area contributed by atoms with Crippen LogP contribution < -0.4 is 0 Å². The van der Waals surface area contributed by atoms with Crippen LogP contribution in [-0.4, -0.2) is 12.2 Å². The summed E-state index contributed by atoms with van der Waals surface area (Å²) in [6.45, 7) is 0. The number of benzene rings is 1. The first kappa shape index (κ1) is 9.01. The van der Waals surface area contributed by atoms with Crippen molar-refractivity contribution in [1.29, 1.82) is 0 Å². The second kappa shape index (κ2) is 4.73. The predicted molar refractivity (Wildman–Crippen MR) is 51.6 cm³/mol. The molecule has 0 spiro atoms. The first-order valence-electron chi connectivity index (χ1n) is 3.64. The lowest BCUT2D eigenvalue weighted by Crippen LogP contribution is -1.78. The summed E-state index contributed by atoms with van der Waals surface area (Å²) in [7, 11) is 0. The molecule has 1 aromatic rings. The molecule has 0 N–H and O–H groups in total. The fraction of sp³-hybridized carbons (Fsp3) is 0.100. The van der Waals surface area contributed by atoms with Crippen molar-refractivity contribution in [2.75, 3.05) is 5.88 Å². The summed E-state index contributed by atoms with van der Waals surface area (Å²) in [6, 6.07) is 7.32. The molecule has 0 aromatic heterocycles. The van der Waals surface area contributed by atoms with Crippen LogP contribution in [0.25, 0.3) is 6.08 Å². The highest BCUT2D eigenvalue weighted by molar-refractivity contribution is 6.19. The third-order valence-electron chi connectivity index (χ3n) is 1.47. The summed E-state index contributed by atoms with van der Waals surface area (Å²) >= 11 is 5.47. The molecule has 0 heterocycles. The number of rotatable bonds is 3. The van der Waals surface area contributed by atoms with E-state index in [1.807, 2.05) is 24.3 Å². The Kier molecular flexibility index (Phi) is 3.55. The van der Waals surface area contributed by atoms with Gasteiger partial charge in [0.1, 0.15) is 6.29 Å². The highest BCUT2D eigenvalue weighted by atomic mass is 35.5. The molecule has 0 saturated heterocycles. The topological polar surface area (TPSA) is 17.1 Å². The molecule has 0 aliphatic rings. The largest absolute Gasteiger partial charge is 0.298 e. The molecular weight excluding hydrogens is 172 g/mol. The van der Waals surface area contributed by atoms with Gasteiger partial charge in [-0.3, -0.25) is 4.79 Å². The fourth-order valence-electron chi connectivity index (χ4n) is 0.866. The SMILES string of the molecule is O=Cc1ccc(/C=C/CCl)cc1. The van der Waals surface area contributed by atoms with E-state index in [-0.39, 0.29) is 0 Å². The molecule has 0 unspecified atom stereocenters. The average molecular weight is 181 g/mol. The van der Waals surface area contributed by atoms with Gasteiger partial charge in [0, 0.05) is 11.4 Å². The van der Waals surface area contributed by atoms with Crippen molar-refractivity contribution < 1.29 is 4.79 Å². The molecular formula is C10H9ClO. The van der Waals surface area contributed by atoms with Crippen LogP contribution in [0.3, 0.4) is 0 Å². The normalized spacial score (nSPS) is 10.4. The van der Waals surface area contributed by atoms with E-state index in [4.69, 9.17) is 11.6 Å². The molecule has 0 aliphatic carbocycles. The summed E-state index contributed by atoms with van der Waals surface area (Å²) in [5.74, 6) is 0.509. The monoisotopic (exact) mass is 180 g/mol. The third kappa shape index (κ3) is 2.51. The van der Waals surface area contributed by atoms with Crippen LogP contribution in [-0.2, 0) is 0 Å². The Labute approximate surface area is 76.7 Å². The number of hydrogen-bond acceptors (Lipinski definition) is 1. The van der Waals surface area contributed by atoms with Crippen LogP contribution in [0.15, 0.2) is 30.3 Å². The summed E-state index contributed by atoms with van der Waals surface area (Å²) in [6.07, 6.45) is 4.61. The molecule has 0 bridgehead atoms. The molecule has 1 rings (SSSR count). The predicted octanol–water partition coefficient (Wildman–Crippen LogP) is 2.75. The van der Waals surface area contributed by atoms with Crippen molar-refractivity contribution in [2.45, 2.75) is 0 Å². The van der Waals surface area contributed by atoms with E-state index in [2.05, 4.69) is 0 Å². The Morgan fingerprint density at radius 1 is 1.17 bits per heavy atom. The molecule has 0 amide bonds. The number of alkyl halides is 1. The van der Waals surface area contributed by atoms with Gasteiger partial charge in [0.25, 0.3) is 0 Å². The fourth-order valence-corrected chi connectivity index (χ4v) is 0.955. The number of halogens is 1. The maximum Gasteiger partial charge on any atom is 0.150 e. The van der Waals surface area contributed by atoms with Gasteiger partial charge in [0.15, 0.2) is 0 Å². The van der Waals surface area contributed by atoms with E-state index in [1.54, 1.807) is 12.1 Å². The minimum Gasteiger partial charge on any atom is -0.298 e. The van der Waals surface area contributed by atoms with Gasteiger partial charge in [0.2, 0.25) is 0 Å². The summed E-state index contributed by atoms with van der Waals surface area (Å²) < 4.78 is 0. The number of carbonyl (C=O) groups is 1. The van der Waals surface area contributed by atoms with E-state index in [0.717, 1.165) is 11.8 Å². The molecule has 0 fully saturated rings. The Morgan fingerprint density at radius 3 is 2.25 bits per heavy atom. The van der Waals surface area contributed by atoms with E-state index in [1.165, 1.54) is 0 Å². The van der Waals surface area contributed by atoms with E-state index >= 15 is 0 Å². The smallest absolute Gasteiger partial charge is 0.150 e. The van der Waals surface area contributed by atoms with Crippen LogP contribution in [0, 0.1) is 0 Å². The first-order chi connectivity index (χ1) is 5.86. The average Bonchev–Trinajstić information content (AvgIpc) is 2.15. The van der Waals surface area contributed by atoms with Crippen molar-refractivity contribution in [3.05, 3.63) is 41.5 Å². The Bertz CT molecular complexity index is 274. The summed E-state index contributed by atoms with van der Waals surface area (Å²) in [5.41, 5.74) is 1.75. The van der Waals surface area contributed by atoms with Crippen LogP contribution in [0.4, 0.5) is 0 Å². The molecule has 2 heteroatoms. The molecule has 0 atom stereocenters. The lowest BCUT2D eigenvalue weighted by Gasteiger charge is -1.92. The zero-order valence-electron chi connectivity index (χ0n) is 6.53. The van der Waals surface area contributed by atoms with Gasteiger partial charge in [-0.05, 0) is 5.56 Å². The van der Waals surface area contributed by atoms with Crippen molar-refractivity contribution >= 4 is 24.0 Å². The van der Waals surface area contributed by atoms with Crippen LogP contribution in [0.5, 0.6) is 0 Å². The number of aldehydes is 1. The number of carbonyl (C=O) groups excluding carboxylic acids is 1. The van der Waals surface area contributed by atoms with Crippen LogP contribution in [0.1, 0.15) is 15.9 Å². The zero-order chi connectivity index (χ0) is 8.81. The second-order valence-electron chi connectivity index (χ2n) is 2.34. The summed E-state index contributed by atoms with van der Waals surface area (Å²) in [4.78, 5) is 10.3. The lowest BCUT2D eigenvalue weighted by molar-refractivity contribution is 0.112. The maximum atomic E-state index is 10.3. The van der Waals surface area contributed by atoms with E-state index in [9.17, 15) is 4.79 Å². The quantitative estimate of drug-likeness (QED) is 0.517. The van der Waals surface area contributed by atoms with Crippen LogP contribution in [0.2, 0.25) is 0 Å². The zero-order valence-corrected chi connectivity index (χ0v) is 7.29. The number of allylic oxidation sites excluding steroid dienone is 1. The van der Waals surface area contributed by atoms with Gasteiger partial charge in [-0.2, -0.15) is 0 Å². The third-order valence-corrected chi connectivity index (χ3v) is 1.65. The first-order valence-corrected chi connectivity index (χ1v) is 4.18. The van der Waals surface area contributed by atoms with Gasteiger partial charge in [-0.25, -0.2) is 0 Å². The van der Waals surface area contributed by atoms with Gasteiger partial charge >= 0.3 is 0 Å². The number of hydrogen-bond donors (Lipinski definition) is 0. The minimum atomic E-state index is 0.509. The van der Waals surface area contributed by atoms with Crippen LogP contribution >= 0.6 is 11.6 Å². The Hall–Kier alpha value is -1.08. The van der Waals surface area contributed by atoms with Crippen molar-refractivity contribution in [3.8, 4) is 0 Å². The van der Waals surface area contributed by atoms with Gasteiger partial charge in [-0.15, -0.1) is 11.6 Å². The molecule has 0 saturated carbocycles.